The molecule has 2 nitrogen and oxygen atoms in total. The molecule has 0 saturated carbocycles. The van der Waals surface area contributed by atoms with Gasteiger partial charge in [-0.15, -0.1) is 0 Å². The standard InChI is InChI=1S/C15H23NO/c1-12-7-6-8-13(9-12)10-14(17)16(5)11-15(2,3)4/h6-9H,10-11H2,1-5H3. The molecule has 0 bridgehead atoms. The predicted octanol–water partition coefficient (Wildman–Crippen LogP) is 3.04. The van der Waals surface area contributed by atoms with Crippen LogP contribution in [0.2, 0.25) is 0 Å². The van der Waals surface area contributed by atoms with Crippen LogP contribution in [0.3, 0.4) is 0 Å². The molecule has 94 valence electrons. The smallest absolute Gasteiger partial charge is 0.226 e. The lowest BCUT2D eigenvalue weighted by atomic mass is 9.96. The fourth-order valence-corrected chi connectivity index (χ4v) is 1.93. The normalized spacial score (nSPS) is 11.4. The second kappa shape index (κ2) is 5.35. The molecule has 2 heteroatoms. The van der Waals surface area contributed by atoms with Crippen LogP contribution in [0, 0.1) is 12.3 Å². The van der Waals surface area contributed by atoms with E-state index in [2.05, 4.69) is 26.8 Å². The minimum absolute atomic E-state index is 0.150. The second-order valence-corrected chi connectivity index (χ2v) is 5.98. The molecule has 0 aliphatic carbocycles. The molecule has 0 N–H and O–H groups in total. The van der Waals surface area contributed by atoms with Crippen molar-refractivity contribution in [2.24, 2.45) is 5.41 Å². The third-order valence-corrected chi connectivity index (χ3v) is 2.58. The summed E-state index contributed by atoms with van der Waals surface area (Å²) in [5.41, 5.74) is 2.45. The Balaban J connectivity index is 2.60. The highest BCUT2D eigenvalue weighted by atomic mass is 16.2. The van der Waals surface area contributed by atoms with Crippen LogP contribution < -0.4 is 0 Å². The summed E-state index contributed by atoms with van der Waals surface area (Å²) in [6.07, 6.45) is 0.494. The first-order valence-corrected chi connectivity index (χ1v) is 6.07. The molecule has 17 heavy (non-hydrogen) atoms. The highest BCUT2D eigenvalue weighted by Crippen LogP contribution is 2.15. The summed E-state index contributed by atoms with van der Waals surface area (Å²) < 4.78 is 0. The summed E-state index contributed by atoms with van der Waals surface area (Å²) in [7, 11) is 1.88. The van der Waals surface area contributed by atoms with Crippen molar-refractivity contribution in [1.29, 1.82) is 0 Å². The number of rotatable bonds is 3. The maximum absolute atomic E-state index is 12.0. The Hall–Kier alpha value is -1.31. The van der Waals surface area contributed by atoms with Gasteiger partial charge in [0, 0.05) is 13.6 Å². The van der Waals surface area contributed by atoms with Crippen molar-refractivity contribution in [2.75, 3.05) is 13.6 Å². The molecule has 0 aromatic heterocycles. The zero-order valence-electron chi connectivity index (χ0n) is 11.6. The Kier molecular flexibility index (Phi) is 4.33. The van der Waals surface area contributed by atoms with E-state index in [-0.39, 0.29) is 11.3 Å². The quantitative estimate of drug-likeness (QED) is 0.786. The van der Waals surface area contributed by atoms with Crippen LogP contribution in [0.25, 0.3) is 0 Å². The van der Waals surface area contributed by atoms with Gasteiger partial charge in [-0.1, -0.05) is 50.6 Å². The lowest BCUT2D eigenvalue weighted by Gasteiger charge is -2.26. The third-order valence-electron chi connectivity index (χ3n) is 2.58. The zero-order chi connectivity index (χ0) is 13.1. The van der Waals surface area contributed by atoms with E-state index in [1.807, 2.05) is 37.1 Å². The van der Waals surface area contributed by atoms with Gasteiger partial charge in [-0.25, -0.2) is 0 Å². The monoisotopic (exact) mass is 233 g/mol. The van der Waals surface area contributed by atoms with Crippen molar-refractivity contribution in [1.82, 2.24) is 4.90 Å². The molecule has 1 aromatic rings. The summed E-state index contributed by atoms with van der Waals surface area (Å²) in [6, 6.07) is 8.13. The topological polar surface area (TPSA) is 20.3 Å². The van der Waals surface area contributed by atoms with Crippen LogP contribution in [0.5, 0.6) is 0 Å². The molecule has 0 atom stereocenters. The average molecular weight is 233 g/mol. The number of carbonyl (C=O) groups excluding carboxylic acids is 1. The van der Waals surface area contributed by atoms with Gasteiger partial charge in [-0.05, 0) is 17.9 Å². The first-order valence-electron chi connectivity index (χ1n) is 6.07. The second-order valence-electron chi connectivity index (χ2n) is 5.98. The van der Waals surface area contributed by atoms with E-state index in [1.165, 1.54) is 5.56 Å². The lowest BCUT2D eigenvalue weighted by molar-refractivity contribution is -0.130. The van der Waals surface area contributed by atoms with Gasteiger partial charge in [0.15, 0.2) is 0 Å². The van der Waals surface area contributed by atoms with E-state index < -0.39 is 0 Å². The Morgan fingerprint density at radius 1 is 1.29 bits per heavy atom. The molecule has 0 unspecified atom stereocenters. The van der Waals surface area contributed by atoms with Crippen molar-refractivity contribution >= 4 is 5.91 Å². The van der Waals surface area contributed by atoms with Crippen molar-refractivity contribution in [3.63, 3.8) is 0 Å². The maximum Gasteiger partial charge on any atom is 0.226 e. The van der Waals surface area contributed by atoms with Gasteiger partial charge >= 0.3 is 0 Å². The van der Waals surface area contributed by atoms with E-state index in [1.54, 1.807) is 0 Å². The number of carbonyl (C=O) groups is 1. The number of hydrogen-bond donors (Lipinski definition) is 0. The molecule has 0 saturated heterocycles. The van der Waals surface area contributed by atoms with E-state index >= 15 is 0 Å². The molecule has 0 aliphatic rings. The minimum Gasteiger partial charge on any atom is -0.345 e. The van der Waals surface area contributed by atoms with Gasteiger partial charge < -0.3 is 4.90 Å². The summed E-state index contributed by atoms with van der Waals surface area (Å²) in [5, 5.41) is 0. The molecule has 1 amide bonds. The van der Waals surface area contributed by atoms with Crippen LogP contribution >= 0.6 is 0 Å². The summed E-state index contributed by atoms with van der Waals surface area (Å²) in [6.45, 7) is 9.26. The van der Waals surface area contributed by atoms with Crippen molar-refractivity contribution in [3.8, 4) is 0 Å². The molecule has 0 fully saturated rings. The number of amides is 1. The van der Waals surface area contributed by atoms with Crippen molar-refractivity contribution < 1.29 is 4.79 Å². The van der Waals surface area contributed by atoms with Gasteiger partial charge in [0.2, 0.25) is 5.91 Å². The van der Waals surface area contributed by atoms with E-state index in [0.29, 0.717) is 6.42 Å². The highest BCUT2D eigenvalue weighted by molar-refractivity contribution is 5.78. The molecule has 0 spiro atoms. The van der Waals surface area contributed by atoms with Crippen molar-refractivity contribution in [3.05, 3.63) is 35.4 Å². The molecule has 0 aliphatic heterocycles. The Bertz CT molecular complexity index is 390. The molecule has 1 aromatic carbocycles. The van der Waals surface area contributed by atoms with E-state index in [9.17, 15) is 4.79 Å². The Labute approximate surface area is 105 Å². The van der Waals surface area contributed by atoms with Crippen LogP contribution in [-0.4, -0.2) is 24.4 Å². The largest absolute Gasteiger partial charge is 0.345 e. The van der Waals surface area contributed by atoms with E-state index in [0.717, 1.165) is 12.1 Å². The lowest BCUT2D eigenvalue weighted by Crippen LogP contribution is -2.35. The number of benzene rings is 1. The Morgan fingerprint density at radius 2 is 1.94 bits per heavy atom. The summed E-state index contributed by atoms with van der Waals surface area (Å²) in [4.78, 5) is 13.8. The van der Waals surface area contributed by atoms with Crippen LogP contribution in [0.1, 0.15) is 31.9 Å². The van der Waals surface area contributed by atoms with Crippen LogP contribution in [0.4, 0.5) is 0 Å². The molecular weight excluding hydrogens is 210 g/mol. The SMILES string of the molecule is Cc1cccc(CC(=O)N(C)CC(C)(C)C)c1. The fraction of sp³-hybridized carbons (Fsp3) is 0.533. The first-order chi connectivity index (χ1) is 7.78. The number of hydrogen-bond acceptors (Lipinski definition) is 1. The summed E-state index contributed by atoms with van der Waals surface area (Å²) in [5.74, 6) is 0.186. The molecular formula is C15H23NO. The summed E-state index contributed by atoms with van der Waals surface area (Å²) >= 11 is 0. The molecule has 0 heterocycles. The Morgan fingerprint density at radius 3 is 2.47 bits per heavy atom. The first kappa shape index (κ1) is 13.8. The zero-order valence-corrected chi connectivity index (χ0v) is 11.6. The average Bonchev–Trinajstić information content (AvgIpc) is 2.14. The number of nitrogens with zero attached hydrogens (tertiary/aromatic N) is 1. The number of aryl methyl sites for hydroxylation is 1. The third kappa shape index (κ3) is 5.03. The van der Waals surface area contributed by atoms with Gasteiger partial charge in [-0.2, -0.15) is 0 Å². The van der Waals surface area contributed by atoms with Crippen LogP contribution in [-0.2, 0) is 11.2 Å². The van der Waals surface area contributed by atoms with Gasteiger partial charge in [0.1, 0.15) is 0 Å². The highest BCUT2D eigenvalue weighted by Gasteiger charge is 2.17. The maximum atomic E-state index is 12.0. The number of likely N-dealkylation sites (N-methyl/N-ethyl adjacent to an activating group) is 1. The van der Waals surface area contributed by atoms with Crippen LogP contribution in [0.15, 0.2) is 24.3 Å². The fourth-order valence-electron chi connectivity index (χ4n) is 1.93. The van der Waals surface area contributed by atoms with Crippen molar-refractivity contribution in [2.45, 2.75) is 34.1 Å². The van der Waals surface area contributed by atoms with Gasteiger partial charge in [-0.3, -0.25) is 4.79 Å². The molecule has 0 radical (unpaired) electrons. The molecule has 1 rings (SSSR count). The minimum atomic E-state index is 0.150. The predicted molar refractivity (Wildman–Crippen MR) is 72.0 cm³/mol. The van der Waals surface area contributed by atoms with E-state index in [4.69, 9.17) is 0 Å². The van der Waals surface area contributed by atoms with Gasteiger partial charge in [0.25, 0.3) is 0 Å². The van der Waals surface area contributed by atoms with Gasteiger partial charge in [0.05, 0.1) is 6.42 Å².